The van der Waals surface area contributed by atoms with E-state index in [1.165, 1.54) is 12.8 Å². The third-order valence-corrected chi connectivity index (χ3v) is 4.53. The SMILES string of the molecule is NC(=O)c1ccc(NC(=O)CNc2cc(Cl)ccc2N2CCCC2)cc1. The standard InChI is InChI=1S/C19H21ClN4O2/c20-14-5-8-17(24-9-1-2-10-24)16(11-14)22-12-18(25)23-15-6-3-13(4-7-15)19(21)26/h3-8,11,22H,1-2,9-10,12H2,(H2,21,26)(H,23,25). The zero-order valence-corrected chi connectivity index (χ0v) is 15.1. The first-order valence-corrected chi connectivity index (χ1v) is 8.89. The molecule has 0 spiro atoms. The lowest BCUT2D eigenvalue weighted by atomic mass is 10.2. The van der Waals surface area contributed by atoms with Crippen molar-refractivity contribution in [2.75, 3.05) is 35.2 Å². The second-order valence-corrected chi connectivity index (χ2v) is 6.64. The first-order chi connectivity index (χ1) is 12.5. The number of amides is 2. The van der Waals surface area contributed by atoms with E-state index in [0.29, 0.717) is 16.3 Å². The number of hydrogen-bond acceptors (Lipinski definition) is 4. The predicted octanol–water partition coefficient (Wildman–Crippen LogP) is 3.09. The van der Waals surface area contributed by atoms with Crippen LogP contribution in [-0.4, -0.2) is 31.4 Å². The van der Waals surface area contributed by atoms with E-state index < -0.39 is 5.91 Å². The topological polar surface area (TPSA) is 87.5 Å². The summed E-state index contributed by atoms with van der Waals surface area (Å²) in [5, 5.41) is 6.57. The fourth-order valence-corrected chi connectivity index (χ4v) is 3.15. The molecule has 0 saturated carbocycles. The maximum atomic E-state index is 12.2. The lowest BCUT2D eigenvalue weighted by Crippen LogP contribution is -2.24. The number of carbonyl (C=O) groups is 2. The Morgan fingerprint density at radius 3 is 2.42 bits per heavy atom. The summed E-state index contributed by atoms with van der Waals surface area (Å²) in [6, 6.07) is 12.1. The van der Waals surface area contributed by atoms with Gasteiger partial charge in [0.25, 0.3) is 0 Å². The highest BCUT2D eigenvalue weighted by Crippen LogP contribution is 2.31. The largest absolute Gasteiger partial charge is 0.374 e. The summed E-state index contributed by atoms with van der Waals surface area (Å²) in [5.74, 6) is -0.691. The lowest BCUT2D eigenvalue weighted by molar-refractivity contribution is -0.114. The number of carbonyl (C=O) groups excluding carboxylic acids is 2. The van der Waals surface area contributed by atoms with Crippen LogP contribution in [0.25, 0.3) is 0 Å². The molecule has 1 fully saturated rings. The van der Waals surface area contributed by atoms with Crippen molar-refractivity contribution in [3.05, 3.63) is 53.1 Å². The zero-order valence-electron chi connectivity index (χ0n) is 14.3. The van der Waals surface area contributed by atoms with E-state index >= 15 is 0 Å². The maximum absolute atomic E-state index is 12.2. The molecular weight excluding hydrogens is 352 g/mol. The molecule has 2 aromatic rings. The molecule has 136 valence electrons. The van der Waals surface area contributed by atoms with E-state index in [1.807, 2.05) is 18.2 Å². The van der Waals surface area contributed by atoms with Crippen LogP contribution in [0.2, 0.25) is 5.02 Å². The van der Waals surface area contributed by atoms with Gasteiger partial charge in [0.2, 0.25) is 11.8 Å². The van der Waals surface area contributed by atoms with Gasteiger partial charge in [-0.15, -0.1) is 0 Å². The number of nitrogens with one attached hydrogen (secondary N) is 2. The molecule has 2 amide bonds. The van der Waals surface area contributed by atoms with Crippen molar-refractivity contribution in [1.82, 2.24) is 0 Å². The van der Waals surface area contributed by atoms with Crippen LogP contribution in [0.15, 0.2) is 42.5 Å². The summed E-state index contributed by atoms with van der Waals surface area (Å²) in [7, 11) is 0. The molecule has 0 aromatic heterocycles. The van der Waals surface area contributed by atoms with Crippen LogP contribution in [0, 0.1) is 0 Å². The molecule has 7 heteroatoms. The number of nitrogens with zero attached hydrogens (tertiary/aromatic N) is 1. The third kappa shape index (κ3) is 4.46. The minimum atomic E-state index is -0.500. The summed E-state index contributed by atoms with van der Waals surface area (Å²) in [6.45, 7) is 2.13. The summed E-state index contributed by atoms with van der Waals surface area (Å²) in [5.41, 5.74) is 8.11. The van der Waals surface area contributed by atoms with Crippen molar-refractivity contribution in [2.45, 2.75) is 12.8 Å². The Balaban J connectivity index is 1.62. The Morgan fingerprint density at radius 2 is 1.77 bits per heavy atom. The molecule has 3 rings (SSSR count). The average molecular weight is 373 g/mol. The van der Waals surface area contributed by atoms with Crippen LogP contribution >= 0.6 is 11.6 Å². The predicted molar refractivity (Wildman–Crippen MR) is 105 cm³/mol. The highest BCUT2D eigenvalue weighted by Gasteiger charge is 2.16. The van der Waals surface area contributed by atoms with Gasteiger partial charge in [0, 0.05) is 29.4 Å². The van der Waals surface area contributed by atoms with Crippen molar-refractivity contribution in [1.29, 1.82) is 0 Å². The molecule has 1 aliphatic rings. The monoisotopic (exact) mass is 372 g/mol. The smallest absolute Gasteiger partial charge is 0.248 e. The lowest BCUT2D eigenvalue weighted by Gasteiger charge is -2.22. The number of benzene rings is 2. The van der Waals surface area contributed by atoms with Gasteiger partial charge < -0.3 is 21.3 Å². The van der Waals surface area contributed by atoms with Crippen molar-refractivity contribution in [3.8, 4) is 0 Å². The normalized spacial score (nSPS) is 13.5. The number of rotatable bonds is 6. The van der Waals surface area contributed by atoms with Gasteiger partial charge >= 0.3 is 0 Å². The van der Waals surface area contributed by atoms with Crippen LogP contribution in [0.3, 0.4) is 0 Å². The van der Waals surface area contributed by atoms with E-state index in [1.54, 1.807) is 24.3 Å². The Kier molecular flexibility index (Phi) is 5.63. The molecule has 1 aliphatic heterocycles. The molecule has 6 nitrogen and oxygen atoms in total. The summed E-state index contributed by atoms with van der Waals surface area (Å²) in [6.07, 6.45) is 2.34. The number of halogens is 1. The summed E-state index contributed by atoms with van der Waals surface area (Å²) >= 11 is 6.11. The molecular formula is C19H21ClN4O2. The quantitative estimate of drug-likeness (QED) is 0.727. The molecule has 0 bridgehead atoms. The minimum absolute atomic E-state index is 0.110. The van der Waals surface area contributed by atoms with Gasteiger partial charge in [-0.2, -0.15) is 0 Å². The van der Waals surface area contributed by atoms with E-state index in [0.717, 1.165) is 24.5 Å². The van der Waals surface area contributed by atoms with Crippen LogP contribution in [0.5, 0.6) is 0 Å². The van der Waals surface area contributed by atoms with Crippen molar-refractivity contribution < 1.29 is 9.59 Å². The number of nitrogens with two attached hydrogens (primary N) is 1. The van der Waals surface area contributed by atoms with E-state index in [2.05, 4.69) is 15.5 Å². The van der Waals surface area contributed by atoms with Gasteiger partial charge in [-0.3, -0.25) is 9.59 Å². The van der Waals surface area contributed by atoms with Gasteiger partial charge in [0.1, 0.15) is 0 Å². The molecule has 0 atom stereocenters. The average Bonchev–Trinajstić information content (AvgIpc) is 3.15. The van der Waals surface area contributed by atoms with E-state index in [-0.39, 0.29) is 12.5 Å². The molecule has 4 N–H and O–H groups in total. The van der Waals surface area contributed by atoms with Gasteiger partial charge in [-0.25, -0.2) is 0 Å². The van der Waals surface area contributed by atoms with Crippen molar-refractivity contribution >= 4 is 40.5 Å². The van der Waals surface area contributed by atoms with Gasteiger partial charge in [0.05, 0.1) is 17.9 Å². The first kappa shape index (κ1) is 18.1. The second kappa shape index (κ2) is 8.10. The summed E-state index contributed by atoms with van der Waals surface area (Å²) in [4.78, 5) is 25.6. The number of hydrogen-bond donors (Lipinski definition) is 3. The molecule has 1 heterocycles. The number of primary amides is 1. The Morgan fingerprint density at radius 1 is 1.08 bits per heavy atom. The van der Waals surface area contributed by atoms with Crippen LogP contribution < -0.4 is 21.3 Å². The second-order valence-electron chi connectivity index (χ2n) is 6.20. The molecule has 0 aliphatic carbocycles. The highest BCUT2D eigenvalue weighted by molar-refractivity contribution is 6.31. The van der Waals surface area contributed by atoms with Gasteiger partial charge in [-0.05, 0) is 55.3 Å². The van der Waals surface area contributed by atoms with E-state index in [4.69, 9.17) is 17.3 Å². The van der Waals surface area contributed by atoms with Crippen LogP contribution in [0.4, 0.5) is 17.1 Å². The molecule has 26 heavy (non-hydrogen) atoms. The number of anilines is 3. The van der Waals surface area contributed by atoms with Gasteiger partial charge in [-0.1, -0.05) is 11.6 Å². The molecule has 1 saturated heterocycles. The minimum Gasteiger partial charge on any atom is -0.374 e. The Labute approximate surface area is 157 Å². The van der Waals surface area contributed by atoms with Crippen LogP contribution in [-0.2, 0) is 4.79 Å². The summed E-state index contributed by atoms with van der Waals surface area (Å²) < 4.78 is 0. The zero-order chi connectivity index (χ0) is 18.5. The van der Waals surface area contributed by atoms with Crippen LogP contribution in [0.1, 0.15) is 23.2 Å². The van der Waals surface area contributed by atoms with Gasteiger partial charge in [0.15, 0.2) is 0 Å². The van der Waals surface area contributed by atoms with Crippen molar-refractivity contribution in [3.63, 3.8) is 0 Å². The van der Waals surface area contributed by atoms with E-state index in [9.17, 15) is 9.59 Å². The Hall–Kier alpha value is -2.73. The molecule has 0 unspecified atom stereocenters. The fraction of sp³-hybridized carbons (Fsp3) is 0.263. The fourth-order valence-electron chi connectivity index (χ4n) is 2.98. The first-order valence-electron chi connectivity index (χ1n) is 8.51. The maximum Gasteiger partial charge on any atom is 0.248 e. The molecule has 0 radical (unpaired) electrons. The third-order valence-electron chi connectivity index (χ3n) is 4.30. The highest BCUT2D eigenvalue weighted by atomic mass is 35.5. The molecule has 2 aromatic carbocycles. The van der Waals surface area contributed by atoms with Crippen molar-refractivity contribution in [2.24, 2.45) is 5.73 Å². The Bertz CT molecular complexity index is 802.